The lowest BCUT2D eigenvalue weighted by Gasteiger charge is -2.17. The summed E-state index contributed by atoms with van der Waals surface area (Å²) in [5.41, 5.74) is 6.34. The molecule has 0 atom stereocenters. The molecular formula is C22H21ClFN5O3. The van der Waals surface area contributed by atoms with Crippen molar-refractivity contribution < 1.29 is 18.8 Å². The zero-order valence-corrected chi connectivity index (χ0v) is 18.3. The molecule has 2 aromatic carbocycles. The van der Waals surface area contributed by atoms with Gasteiger partial charge in [-0.05, 0) is 42.5 Å². The Morgan fingerprint density at radius 2 is 1.81 bits per heavy atom. The van der Waals surface area contributed by atoms with Crippen molar-refractivity contribution in [2.45, 2.75) is 19.8 Å². The van der Waals surface area contributed by atoms with Crippen LogP contribution in [-0.4, -0.2) is 34.7 Å². The highest BCUT2D eigenvalue weighted by Crippen LogP contribution is 2.23. The van der Waals surface area contributed by atoms with Crippen LogP contribution in [0.3, 0.4) is 0 Å². The number of anilines is 2. The lowest BCUT2D eigenvalue weighted by Crippen LogP contribution is -2.29. The minimum absolute atomic E-state index is 0.00512. The molecule has 0 unspecified atom stereocenters. The molecule has 3 amide bonds. The number of halogens is 2. The zero-order chi connectivity index (χ0) is 23.6. The van der Waals surface area contributed by atoms with Gasteiger partial charge in [0.1, 0.15) is 17.3 Å². The summed E-state index contributed by atoms with van der Waals surface area (Å²) in [7, 11) is 1.53. The molecule has 166 valence electrons. The van der Waals surface area contributed by atoms with Crippen LogP contribution >= 0.6 is 11.6 Å². The maximum atomic E-state index is 13.2. The first-order valence-electron chi connectivity index (χ1n) is 9.62. The summed E-state index contributed by atoms with van der Waals surface area (Å²) in [5, 5.41) is 2.65. The van der Waals surface area contributed by atoms with Crippen LogP contribution in [0.25, 0.3) is 0 Å². The van der Waals surface area contributed by atoms with E-state index in [0.29, 0.717) is 17.2 Å². The monoisotopic (exact) mass is 457 g/mol. The third-order valence-corrected chi connectivity index (χ3v) is 5.02. The number of carbonyl (C=O) groups is 3. The second-order valence-corrected chi connectivity index (χ2v) is 7.76. The van der Waals surface area contributed by atoms with Gasteiger partial charge in [-0.1, -0.05) is 25.4 Å². The first-order valence-corrected chi connectivity index (χ1v) is 10.0. The van der Waals surface area contributed by atoms with Crippen molar-refractivity contribution in [3.8, 4) is 0 Å². The SMILES string of the molecule is CC(C)c1nc(C(=O)N(C)c2ccc(NC(=O)c3ccc(F)cc3Cl)cc2)c(C(N)=O)[nH]1. The molecule has 32 heavy (non-hydrogen) atoms. The number of primary amides is 1. The van der Waals surface area contributed by atoms with Crippen LogP contribution in [0.1, 0.15) is 56.9 Å². The molecule has 0 radical (unpaired) electrons. The standard InChI is InChI=1S/C22H21ClFN5O3/c1-11(2)20-27-17(19(25)30)18(28-20)22(32)29(3)14-7-5-13(6-8-14)26-21(31)15-9-4-12(24)10-16(15)23/h4-11H,1-3H3,(H2,25,30)(H,26,31)(H,27,28). The van der Waals surface area contributed by atoms with E-state index in [0.717, 1.165) is 12.1 Å². The van der Waals surface area contributed by atoms with Crippen molar-refractivity contribution in [1.82, 2.24) is 9.97 Å². The number of nitrogens with zero attached hydrogens (tertiary/aromatic N) is 2. The average Bonchev–Trinajstić information content (AvgIpc) is 3.19. The molecule has 3 rings (SSSR count). The van der Waals surface area contributed by atoms with Gasteiger partial charge in [-0.2, -0.15) is 0 Å². The van der Waals surface area contributed by atoms with Crippen LogP contribution in [0, 0.1) is 5.82 Å². The number of nitrogens with two attached hydrogens (primary N) is 1. The van der Waals surface area contributed by atoms with Crippen LogP contribution in [0.5, 0.6) is 0 Å². The number of hydrogen-bond donors (Lipinski definition) is 3. The minimum atomic E-state index is -0.779. The van der Waals surface area contributed by atoms with Gasteiger partial charge in [0.2, 0.25) is 0 Å². The summed E-state index contributed by atoms with van der Waals surface area (Å²) < 4.78 is 13.2. The number of amides is 3. The van der Waals surface area contributed by atoms with Crippen LogP contribution in [0.15, 0.2) is 42.5 Å². The molecule has 0 fully saturated rings. The minimum Gasteiger partial charge on any atom is -0.364 e. The lowest BCUT2D eigenvalue weighted by molar-refractivity contribution is 0.0958. The van der Waals surface area contributed by atoms with Gasteiger partial charge >= 0.3 is 0 Å². The summed E-state index contributed by atoms with van der Waals surface area (Å²) in [5.74, 6) is -1.89. The Morgan fingerprint density at radius 3 is 2.38 bits per heavy atom. The van der Waals surface area contributed by atoms with Crippen LogP contribution in [0.4, 0.5) is 15.8 Å². The van der Waals surface area contributed by atoms with Gasteiger partial charge in [0, 0.05) is 24.3 Å². The van der Waals surface area contributed by atoms with E-state index in [1.165, 1.54) is 18.0 Å². The van der Waals surface area contributed by atoms with Crippen molar-refractivity contribution in [3.05, 3.63) is 76.1 Å². The van der Waals surface area contributed by atoms with Gasteiger partial charge in [-0.25, -0.2) is 9.37 Å². The summed E-state index contributed by atoms with van der Waals surface area (Å²) in [4.78, 5) is 45.4. The number of nitrogens with one attached hydrogen (secondary N) is 2. The predicted molar refractivity (Wildman–Crippen MR) is 120 cm³/mol. The first-order chi connectivity index (χ1) is 15.1. The zero-order valence-electron chi connectivity index (χ0n) is 17.6. The second kappa shape index (κ2) is 9.19. The number of imidazole rings is 1. The van der Waals surface area contributed by atoms with Crippen LogP contribution < -0.4 is 16.0 Å². The molecule has 0 saturated heterocycles. The maximum absolute atomic E-state index is 13.2. The Kier molecular flexibility index (Phi) is 6.59. The van der Waals surface area contributed by atoms with E-state index in [4.69, 9.17) is 17.3 Å². The van der Waals surface area contributed by atoms with Crippen molar-refractivity contribution in [2.24, 2.45) is 5.73 Å². The van der Waals surface area contributed by atoms with E-state index in [1.54, 1.807) is 24.3 Å². The molecule has 8 nitrogen and oxygen atoms in total. The Hall–Kier alpha value is -3.72. The molecule has 4 N–H and O–H groups in total. The molecule has 1 heterocycles. The number of aromatic amines is 1. The summed E-state index contributed by atoms with van der Waals surface area (Å²) >= 11 is 5.92. The lowest BCUT2D eigenvalue weighted by atomic mass is 10.2. The van der Waals surface area contributed by atoms with Crippen LogP contribution in [-0.2, 0) is 0 Å². The number of aromatic nitrogens is 2. The number of benzene rings is 2. The number of rotatable bonds is 6. The first kappa shape index (κ1) is 23.0. The molecule has 0 bridgehead atoms. The molecule has 1 aromatic heterocycles. The normalized spacial score (nSPS) is 10.8. The Balaban J connectivity index is 1.78. The summed E-state index contributed by atoms with van der Waals surface area (Å²) in [6, 6.07) is 9.89. The molecule has 0 aliphatic carbocycles. The van der Waals surface area contributed by atoms with Gasteiger partial charge < -0.3 is 20.9 Å². The fourth-order valence-electron chi connectivity index (χ4n) is 2.91. The Bertz CT molecular complexity index is 1190. The van der Waals surface area contributed by atoms with Crippen LogP contribution in [0.2, 0.25) is 5.02 Å². The fourth-order valence-corrected chi connectivity index (χ4v) is 3.17. The van der Waals surface area contributed by atoms with E-state index in [-0.39, 0.29) is 27.9 Å². The van der Waals surface area contributed by atoms with Gasteiger partial charge in [-0.3, -0.25) is 14.4 Å². The van der Waals surface area contributed by atoms with Crippen molar-refractivity contribution in [1.29, 1.82) is 0 Å². The second-order valence-electron chi connectivity index (χ2n) is 7.35. The van der Waals surface area contributed by atoms with Gasteiger partial charge in [-0.15, -0.1) is 0 Å². The molecule has 10 heteroatoms. The van der Waals surface area contributed by atoms with Gasteiger partial charge in [0.25, 0.3) is 17.7 Å². The Labute approximate surface area is 188 Å². The molecule has 0 spiro atoms. The topological polar surface area (TPSA) is 121 Å². The van der Waals surface area contributed by atoms with Crippen molar-refractivity contribution in [3.63, 3.8) is 0 Å². The smallest absolute Gasteiger partial charge is 0.279 e. The Morgan fingerprint density at radius 1 is 1.16 bits per heavy atom. The van der Waals surface area contributed by atoms with Crippen molar-refractivity contribution in [2.75, 3.05) is 17.3 Å². The number of H-pyrrole nitrogens is 1. The predicted octanol–water partition coefficient (Wildman–Crippen LogP) is 3.95. The largest absolute Gasteiger partial charge is 0.364 e. The molecular weight excluding hydrogens is 437 g/mol. The van der Waals surface area contributed by atoms with E-state index in [2.05, 4.69) is 15.3 Å². The van der Waals surface area contributed by atoms with Gasteiger partial charge in [0.05, 0.1) is 10.6 Å². The summed E-state index contributed by atoms with van der Waals surface area (Å²) in [6.45, 7) is 3.74. The molecule has 0 saturated carbocycles. The number of carbonyl (C=O) groups excluding carboxylic acids is 3. The highest BCUT2D eigenvalue weighted by molar-refractivity contribution is 6.34. The van der Waals surface area contributed by atoms with E-state index in [1.807, 2.05) is 13.8 Å². The quantitative estimate of drug-likeness (QED) is 0.518. The van der Waals surface area contributed by atoms with E-state index >= 15 is 0 Å². The van der Waals surface area contributed by atoms with Crippen molar-refractivity contribution >= 4 is 40.7 Å². The molecule has 0 aliphatic rings. The highest BCUT2D eigenvalue weighted by Gasteiger charge is 2.25. The molecule has 3 aromatic rings. The van der Waals surface area contributed by atoms with E-state index in [9.17, 15) is 18.8 Å². The third-order valence-electron chi connectivity index (χ3n) is 4.71. The highest BCUT2D eigenvalue weighted by atomic mass is 35.5. The van der Waals surface area contributed by atoms with Gasteiger partial charge in [0.15, 0.2) is 5.69 Å². The maximum Gasteiger partial charge on any atom is 0.279 e. The average molecular weight is 458 g/mol. The third kappa shape index (κ3) is 4.78. The number of hydrogen-bond acceptors (Lipinski definition) is 4. The molecule has 0 aliphatic heterocycles. The summed E-state index contributed by atoms with van der Waals surface area (Å²) in [6.07, 6.45) is 0. The van der Waals surface area contributed by atoms with E-state index < -0.39 is 23.5 Å². The fraction of sp³-hybridized carbons (Fsp3) is 0.182.